The second kappa shape index (κ2) is 9.41. The van der Waals surface area contributed by atoms with Crippen molar-refractivity contribution in [1.29, 1.82) is 0 Å². The van der Waals surface area contributed by atoms with Crippen molar-refractivity contribution in [3.05, 3.63) is 95.6 Å². The number of nitrogens with one attached hydrogen (secondary N) is 1. The predicted molar refractivity (Wildman–Crippen MR) is 128 cm³/mol. The van der Waals surface area contributed by atoms with Crippen LogP contribution in [0.2, 0.25) is 0 Å². The standard InChI is InChI=1S/C28H28N2O2/c31-28(29-26-13-15-30(16-14-26)19-21-7-3-1-4-8-21)25-18-24-17-23(11-12-27(24)32-20-25)22-9-5-2-6-10-22/h1-12,17-18,26H,13-16,19-20H2,(H,29,31). The van der Waals surface area contributed by atoms with Gasteiger partial charge in [0.25, 0.3) is 5.91 Å². The molecule has 4 heteroatoms. The van der Waals surface area contributed by atoms with E-state index in [1.165, 1.54) is 5.56 Å². The van der Waals surface area contributed by atoms with E-state index in [0.29, 0.717) is 12.2 Å². The molecule has 162 valence electrons. The fraction of sp³-hybridized carbons (Fsp3) is 0.250. The van der Waals surface area contributed by atoms with Crippen molar-refractivity contribution in [3.63, 3.8) is 0 Å². The molecule has 0 saturated carbocycles. The van der Waals surface area contributed by atoms with Gasteiger partial charge in [0.1, 0.15) is 12.4 Å². The molecule has 3 aromatic rings. The summed E-state index contributed by atoms with van der Waals surface area (Å²) in [5, 5.41) is 3.24. The Morgan fingerprint density at radius 1 is 0.906 bits per heavy atom. The van der Waals surface area contributed by atoms with Crippen molar-refractivity contribution in [3.8, 4) is 16.9 Å². The molecule has 0 bridgehead atoms. The molecule has 0 spiro atoms. The van der Waals surface area contributed by atoms with E-state index < -0.39 is 0 Å². The smallest absolute Gasteiger partial charge is 0.250 e. The van der Waals surface area contributed by atoms with Crippen LogP contribution in [0.5, 0.6) is 5.75 Å². The van der Waals surface area contributed by atoms with E-state index in [-0.39, 0.29) is 11.9 Å². The highest BCUT2D eigenvalue weighted by molar-refractivity contribution is 5.99. The highest BCUT2D eigenvalue weighted by atomic mass is 16.5. The van der Waals surface area contributed by atoms with Gasteiger partial charge in [-0.15, -0.1) is 0 Å². The summed E-state index contributed by atoms with van der Waals surface area (Å²) in [4.78, 5) is 15.4. The third kappa shape index (κ3) is 4.76. The largest absolute Gasteiger partial charge is 0.488 e. The quantitative estimate of drug-likeness (QED) is 0.633. The van der Waals surface area contributed by atoms with E-state index in [4.69, 9.17) is 4.74 Å². The van der Waals surface area contributed by atoms with Gasteiger partial charge in [-0.3, -0.25) is 9.69 Å². The summed E-state index contributed by atoms with van der Waals surface area (Å²) < 4.78 is 5.88. The maximum atomic E-state index is 12.9. The molecule has 2 aliphatic heterocycles. The van der Waals surface area contributed by atoms with E-state index in [9.17, 15) is 4.79 Å². The van der Waals surface area contributed by atoms with Crippen LogP contribution in [0.15, 0.2) is 84.4 Å². The van der Waals surface area contributed by atoms with Crippen LogP contribution in [0, 0.1) is 0 Å². The minimum absolute atomic E-state index is 0.0118. The zero-order chi connectivity index (χ0) is 21.8. The summed E-state index contributed by atoms with van der Waals surface area (Å²) in [6.45, 7) is 3.29. The monoisotopic (exact) mass is 424 g/mol. The lowest BCUT2D eigenvalue weighted by Gasteiger charge is -2.32. The van der Waals surface area contributed by atoms with Gasteiger partial charge in [0.15, 0.2) is 0 Å². The first-order valence-electron chi connectivity index (χ1n) is 11.3. The molecule has 0 unspecified atom stereocenters. The minimum Gasteiger partial charge on any atom is -0.488 e. The summed E-state index contributed by atoms with van der Waals surface area (Å²) in [6.07, 6.45) is 3.92. The molecule has 1 fully saturated rings. The maximum absolute atomic E-state index is 12.9. The number of ether oxygens (including phenoxy) is 1. The average molecular weight is 425 g/mol. The number of nitrogens with zero attached hydrogens (tertiary/aromatic N) is 1. The van der Waals surface area contributed by atoms with Gasteiger partial charge in [-0.1, -0.05) is 66.7 Å². The van der Waals surface area contributed by atoms with E-state index in [1.54, 1.807) is 0 Å². The molecule has 3 aromatic carbocycles. The second-order valence-corrected chi connectivity index (χ2v) is 8.59. The fourth-order valence-corrected chi connectivity index (χ4v) is 4.47. The van der Waals surface area contributed by atoms with Crippen LogP contribution in [0.25, 0.3) is 17.2 Å². The Morgan fingerprint density at radius 3 is 2.38 bits per heavy atom. The Kier molecular flexibility index (Phi) is 6.04. The molecule has 32 heavy (non-hydrogen) atoms. The van der Waals surface area contributed by atoms with Crippen molar-refractivity contribution >= 4 is 12.0 Å². The first kappa shape index (κ1) is 20.5. The van der Waals surface area contributed by atoms with E-state index >= 15 is 0 Å². The van der Waals surface area contributed by atoms with Crippen LogP contribution in [0.3, 0.4) is 0 Å². The summed E-state index contributed by atoms with van der Waals surface area (Å²) in [5.74, 6) is 0.817. The van der Waals surface area contributed by atoms with Crippen LogP contribution in [0.1, 0.15) is 24.0 Å². The molecule has 1 saturated heterocycles. The van der Waals surface area contributed by atoms with Crippen LogP contribution in [-0.2, 0) is 11.3 Å². The number of carbonyl (C=O) groups excluding carboxylic acids is 1. The van der Waals surface area contributed by atoms with Crippen LogP contribution >= 0.6 is 0 Å². The van der Waals surface area contributed by atoms with Crippen molar-refractivity contribution in [1.82, 2.24) is 10.2 Å². The molecular formula is C28H28N2O2. The van der Waals surface area contributed by atoms with Gasteiger partial charge >= 0.3 is 0 Å². The average Bonchev–Trinajstić information content (AvgIpc) is 2.86. The third-order valence-electron chi connectivity index (χ3n) is 6.29. The molecule has 0 atom stereocenters. The maximum Gasteiger partial charge on any atom is 0.250 e. The SMILES string of the molecule is O=C(NC1CCN(Cc2ccccc2)CC1)C1=Cc2cc(-c3ccccc3)ccc2OC1. The number of carbonyl (C=O) groups is 1. The molecular weight excluding hydrogens is 396 g/mol. The van der Waals surface area contributed by atoms with Crippen LogP contribution in [0.4, 0.5) is 0 Å². The normalized spacial score (nSPS) is 16.6. The topological polar surface area (TPSA) is 41.6 Å². The lowest BCUT2D eigenvalue weighted by Crippen LogP contribution is -2.45. The zero-order valence-corrected chi connectivity index (χ0v) is 18.2. The number of hydrogen-bond acceptors (Lipinski definition) is 3. The van der Waals surface area contributed by atoms with Gasteiger partial charge in [-0.2, -0.15) is 0 Å². The number of hydrogen-bond donors (Lipinski definition) is 1. The summed E-state index contributed by atoms with van der Waals surface area (Å²) in [5.41, 5.74) is 5.27. The number of likely N-dealkylation sites (tertiary alicyclic amines) is 1. The Morgan fingerprint density at radius 2 is 1.62 bits per heavy atom. The number of piperidine rings is 1. The van der Waals surface area contributed by atoms with Gasteiger partial charge in [-0.05, 0) is 47.7 Å². The summed E-state index contributed by atoms with van der Waals surface area (Å²) in [7, 11) is 0. The molecule has 0 aromatic heterocycles. The van der Waals surface area contributed by atoms with Crippen molar-refractivity contribution in [2.75, 3.05) is 19.7 Å². The van der Waals surface area contributed by atoms with E-state index in [2.05, 4.69) is 64.8 Å². The minimum atomic E-state index is -0.0118. The predicted octanol–water partition coefficient (Wildman–Crippen LogP) is 4.91. The van der Waals surface area contributed by atoms with Crippen LogP contribution < -0.4 is 10.1 Å². The lowest BCUT2D eigenvalue weighted by molar-refractivity contribution is -0.118. The van der Waals surface area contributed by atoms with Gasteiger partial charge in [0, 0.05) is 31.2 Å². The molecule has 0 radical (unpaired) electrons. The molecule has 2 heterocycles. The Balaban J connectivity index is 1.20. The van der Waals surface area contributed by atoms with Crippen molar-refractivity contribution in [2.45, 2.75) is 25.4 Å². The molecule has 4 nitrogen and oxygen atoms in total. The van der Waals surface area contributed by atoms with Gasteiger partial charge in [0.2, 0.25) is 0 Å². The molecule has 0 aliphatic carbocycles. The highest BCUT2D eigenvalue weighted by Crippen LogP contribution is 2.31. The van der Waals surface area contributed by atoms with Crippen molar-refractivity contribution < 1.29 is 9.53 Å². The Hall–Kier alpha value is -3.37. The number of amides is 1. The molecule has 5 rings (SSSR count). The Bertz CT molecular complexity index is 1100. The van der Waals surface area contributed by atoms with Gasteiger partial charge in [0.05, 0.1) is 5.57 Å². The number of fused-ring (bicyclic) bond motifs is 1. The fourth-order valence-electron chi connectivity index (χ4n) is 4.47. The first-order valence-corrected chi connectivity index (χ1v) is 11.3. The van der Waals surface area contributed by atoms with E-state index in [1.807, 2.05) is 30.3 Å². The molecule has 1 N–H and O–H groups in total. The number of rotatable bonds is 5. The molecule has 1 amide bonds. The first-order chi connectivity index (χ1) is 15.7. The highest BCUT2D eigenvalue weighted by Gasteiger charge is 2.24. The summed E-state index contributed by atoms with van der Waals surface area (Å²) in [6, 6.07) is 27.2. The Labute approximate surface area is 189 Å². The molecule has 2 aliphatic rings. The van der Waals surface area contributed by atoms with Gasteiger partial charge in [-0.25, -0.2) is 0 Å². The van der Waals surface area contributed by atoms with Gasteiger partial charge < -0.3 is 10.1 Å². The number of benzene rings is 3. The zero-order valence-electron chi connectivity index (χ0n) is 18.2. The van der Waals surface area contributed by atoms with Crippen molar-refractivity contribution in [2.24, 2.45) is 0 Å². The lowest BCUT2D eigenvalue weighted by atomic mass is 9.99. The van der Waals surface area contributed by atoms with Crippen LogP contribution in [-0.4, -0.2) is 36.5 Å². The second-order valence-electron chi connectivity index (χ2n) is 8.59. The third-order valence-corrected chi connectivity index (χ3v) is 6.29. The summed E-state index contributed by atoms with van der Waals surface area (Å²) >= 11 is 0. The van der Waals surface area contributed by atoms with E-state index in [0.717, 1.165) is 54.9 Å².